The maximum absolute atomic E-state index is 11.6. The second-order valence-corrected chi connectivity index (χ2v) is 3.41. The van der Waals surface area contributed by atoms with Gasteiger partial charge in [0.15, 0.2) is 11.5 Å². The van der Waals surface area contributed by atoms with E-state index in [2.05, 4.69) is 0 Å². The third-order valence-corrected chi connectivity index (χ3v) is 2.17. The monoisotopic (exact) mass is 230 g/mol. The Bertz CT molecular complexity index is 534. The molecule has 4 nitrogen and oxygen atoms in total. The fourth-order valence-corrected chi connectivity index (χ4v) is 1.31. The average molecular weight is 230 g/mol. The van der Waals surface area contributed by atoms with E-state index in [1.54, 1.807) is 30.3 Å². The van der Waals surface area contributed by atoms with E-state index in [-0.39, 0.29) is 17.2 Å². The molecule has 0 heterocycles. The first-order valence-electron chi connectivity index (χ1n) is 4.96. The van der Waals surface area contributed by atoms with Gasteiger partial charge in [0.05, 0.1) is 5.56 Å². The summed E-state index contributed by atoms with van der Waals surface area (Å²) in [4.78, 5) is 11.6. The highest BCUT2D eigenvalue weighted by atomic mass is 16.5. The Morgan fingerprint density at radius 2 is 1.65 bits per heavy atom. The molecule has 0 saturated heterocycles. The van der Waals surface area contributed by atoms with Crippen LogP contribution in [0.15, 0.2) is 48.5 Å². The van der Waals surface area contributed by atoms with Crippen LogP contribution in [0.25, 0.3) is 0 Å². The Morgan fingerprint density at radius 1 is 0.941 bits per heavy atom. The Kier molecular flexibility index (Phi) is 2.96. The lowest BCUT2D eigenvalue weighted by Crippen LogP contribution is -2.07. The van der Waals surface area contributed by atoms with Gasteiger partial charge in [-0.05, 0) is 24.3 Å². The molecule has 2 N–H and O–H groups in total. The van der Waals surface area contributed by atoms with Gasteiger partial charge < -0.3 is 14.9 Å². The van der Waals surface area contributed by atoms with Crippen LogP contribution in [0.1, 0.15) is 10.4 Å². The minimum absolute atomic E-state index is 0.175. The quantitative estimate of drug-likeness (QED) is 0.472. The molecule has 0 atom stereocenters. The van der Waals surface area contributed by atoms with Crippen LogP contribution in [0.5, 0.6) is 17.2 Å². The third kappa shape index (κ3) is 2.55. The number of carbonyl (C=O) groups excluding carboxylic acids is 1. The lowest BCUT2D eigenvalue weighted by Gasteiger charge is -2.05. The summed E-state index contributed by atoms with van der Waals surface area (Å²) in [6.07, 6.45) is 0. The van der Waals surface area contributed by atoms with Crippen molar-refractivity contribution in [3.8, 4) is 17.2 Å². The second-order valence-electron chi connectivity index (χ2n) is 3.41. The van der Waals surface area contributed by atoms with Crippen LogP contribution in [-0.4, -0.2) is 16.2 Å². The molecular weight excluding hydrogens is 220 g/mol. The molecule has 0 aliphatic carbocycles. The van der Waals surface area contributed by atoms with Gasteiger partial charge in [-0.3, -0.25) is 0 Å². The van der Waals surface area contributed by atoms with Crippen LogP contribution >= 0.6 is 0 Å². The van der Waals surface area contributed by atoms with Crippen molar-refractivity contribution < 1.29 is 19.7 Å². The molecule has 2 aromatic carbocycles. The number of rotatable bonds is 2. The van der Waals surface area contributed by atoms with Crippen molar-refractivity contribution in [2.75, 3.05) is 0 Å². The molecule has 0 bridgehead atoms. The number of benzene rings is 2. The van der Waals surface area contributed by atoms with Gasteiger partial charge in [-0.15, -0.1) is 0 Å². The molecule has 0 saturated carbocycles. The van der Waals surface area contributed by atoms with E-state index in [0.717, 1.165) is 0 Å². The smallest absolute Gasteiger partial charge is 0.343 e. The van der Waals surface area contributed by atoms with E-state index in [1.165, 1.54) is 18.2 Å². The predicted molar refractivity (Wildman–Crippen MR) is 61.2 cm³/mol. The van der Waals surface area contributed by atoms with Crippen molar-refractivity contribution in [1.82, 2.24) is 0 Å². The van der Waals surface area contributed by atoms with E-state index in [1.807, 2.05) is 0 Å². The van der Waals surface area contributed by atoms with Gasteiger partial charge >= 0.3 is 5.97 Å². The van der Waals surface area contributed by atoms with Crippen molar-refractivity contribution in [1.29, 1.82) is 0 Å². The summed E-state index contributed by atoms with van der Waals surface area (Å²) < 4.78 is 5.03. The van der Waals surface area contributed by atoms with Crippen LogP contribution < -0.4 is 4.74 Å². The van der Waals surface area contributed by atoms with Crippen molar-refractivity contribution in [3.63, 3.8) is 0 Å². The van der Waals surface area contributed by atoms with E-state index < -0.39 is 5.97 Å². The second kappa shape index (κ2) is 4.57. The third-order valence-electron chi connectivity index (χ3n) is 2.17. The highest BCUT2D eigenvalue weighted by Gasteiger charge is 2.09. The molecule has 0 fully saturated rings. The number of phenolic OH excluding ortho intramolecular Hbond substituents is 2. The van der Waals surface area contributed by atoms with Crippen molar-refractivity contribution in [2.45, 2.75) is 0 Å². The van der Waals surface area contributed by atoms with E-state index in [4.69, 9.17) is 9.84 Å². The molecule has 0 aliphatic rings. The first-order chi connectivity index (χ1) is 8.16. The minimum Gasteiger partial charge on any atom is -0.504 e. The molecule has 0 aliphatic heterocycles. The summed E-state index contributed by atoms with van der Waals surface area (Å²) >= 11 is 0. The molecule has 0 radical (unpaired) electrons. The zero-order valence-corrected chi connectivity index (χ0v) is 8.83. The van der Waals surface area contributed by atoms with Crippen LogP contribution in [0.4, 0.5) is 0 Å². The highest BCUT2D eigenvalue weighted by molar-refractivity contribution is 5.91. The molecule has 17 heavy (non-hydrogen) atoms. The van der Waals surface area contributed by atoms with E-state index in [0.29, 0.717) is 5.56 Å². The summed E-state index contributed by atoms with van der Waals surface area (Å²) in [6, 6.07) is 12.3. The Balaban J connectivity index is 2.16. The summed E-state index contributed by atoms with van der Waals surface area (Å²) in [5.74, 6) is -0.933. The number of esters is 1. The topological polar surface area (TPSA) is 66.8 Å². The largest absolute Gasteiger partial charge is 0.504 e. The van der Waals surface area contributed by atoms with Crippen LogP contribution in [0.2, 0.25) is 0 Å². The summed E-state index contributed by atoms with van der Waals surface area (Å²) in [6.45, 7) is 0. The number of aromatic hydroxyl groups is 2. The van der Waals surface area contributed by atoms with E-state index in [9.17, 15) is 9.90 Å². The fourth-order valence-electron chi connectivity index (χ4n) is 1.31. The first kappa shape index (κ1) is 11.0. The zero-order chi connectivity index (χ0) is 12.3. The van der Waals surface area contributed by atoms with Crippen molar-refractivity contribution >= 4 is 5.97 Å². The van der Waals surface area contributed by atoms with Crippen molar-refractivity contribution in [2.24, 2.45) is 0 Å². The molecule has 2 aromatic rings. The summed E-state index contributed by atoms with van der Waals surface area (Å²) in [7, 11) is 0. The number of carbonyl (C=O) groups is 1. The first-order valence-corrected chi connectivity index (χ1v) is 4.96. The Morgan fingerprint density at radius 3 is 2.29 bits per heavy atom. The molecule has 0 amide bonds. The Hall–Kier alpha value is -2.49. The van der Waals surface area contributed by atoms with Gasteiger partial charge in [0, 0.05) is 6.07 Å². The average Bonchev–Trinajstić information content (AvgIpc) is 2.35. The SMILES string of the molecule is O=C(Oc1ccc(O)c(O)c1)c1ccccc1. The molecular formula is C13H10O4. The fraction of sp³-hybridized carbons (Fsp3) is 0. The van der Waals surface area contributed by atoms with Gasteiger partial charge in [-0.1, -0.05) is 18.2 Å². The van der Waals surface area contributed by atoms with Crippen LogP contribution in [-0.2, 0) is 0 Å². The normalized spacial score (nSPS) is 9.88. The van der Waals surface area contributed by atoms with Gasteiger partial charge in [-0.25, -0.2) is 4.79 Å². The van der Waals surface area contributed by atoms with Crippen molar-refractivity contribution in [3.05, 3.63) is 54.1 Å². The standard InChI is InChI=1S/C13H10O4/c14-11-7-6-10(8-12(11)15)17-13(16)9-4-2-1-3-5-9/h1-8,14-15H. The molecule has 4 heteroatoms. The van der Waals surface area contributed by atoms with Crippen LogP contribution in [0, 0.1) is 0 Å². The summed E-state index contributed by atoms with van der Waals surface area (Å²) in [5.41, 5.74) is 0.417. The van der Waals surface area contributed by atoms with Crippen LogP contribution in [0.3, 0.4) is 0 Å². The van der Waals surface area contributed by atoms with Gasteiger partial charge in [-0.2, -0.15) is 0 Å². The summed E-state index contributed by atoms with van der Waals surface area (Å²) in [5, 5.41) is 18.3. The predicted octanol–water partition coefficient (Wildman–Crippen LogP) is 2.32. The number of hydrogen-bond acceptors (Lipinski definition) is 4. The number of phenols is 2. The number of ether oxygens (including phenoxy) is 1. The Labute approximate surface area is 97.7 Å². The molecule has 86 valence electrons. The maximum Gasteiger partial charge on any atom is 0.343 e. The van der Waals surface area contributed by atoms with Gasteiger partial charge in [0.1, 0.15) is 5.75 Å². The zero-order valence-electron chi connectivity index (χ0n) is 8.83. The number of hydrogen-bond donors (Lipinski definition) is 2. The lowest BCUT2D eigenvalue weighted by molar-refractivity contribution is 0.0734. The van der Waals surface area contributed by atoms with Gasteiger partial charge in [0.25, 0.3) is 0 Å². The highest BCUT2D eigenvalue weighted by Crippen LogP contribution is 2.28. The minimum atomic E-state index is -0.518. The molecule has 2 rings (SSSR count). The molecule has 0 unspecified atom stereocenters. The van der Waals surface area contributed by atoms with E-state index >= 15 is 0 Å². The molecule has 0 aromatic heterocycles. The molecule has 0 spiro atoms. The lowest BCUT2D eigenvalue weighted by atomic mass is 10.2. The van der Waals surface area contributed by atoms with Gasteiger partial charge in [0.2, 0.25) is 0 Å². The maximum atomic E-state index is 11.6.